The number of aliphatic hydroxyl groups excluding tert-OH is 6. The lowest BCUT2D eigenvalue weighted by Gasteiger charge is -2.41. The van der Waals surface area contributed by atoms with Crippen molar-refractivity contribution in [2.45, 2.75) is 62.2 Å². The molecule has 11 heteroatoms. The van der Waals surface area contributed by atoms with Crippen molar-refractivity contribution < 1.29 is 54.3 Å². The van der Waals surface area contributed by atoms with Crippen LogP contribution in [0.3, 0.4) is 0 Å². The van der Waals surface area contributed by atoms with Crippen molar-refractivity contribution in [2.24, 2.45) is 0 Å². The molecule has 9 atom stereocenters. The van der Waals surface area contributed by atoms with Crippen LogP contribution in [-0.4, -0.2) is 106 Å². The van der Waals surface area contributed by atoms with Crippen LogP contribution in [0.15, 0.2) is 24.3 Å². The first kappa shape index (κ1) is 24.8. The summed E-state index contributed by atoms with van der Waals surface area (Å²) in [5.74, 6) is 0.618. The lowest BCUT2D eigenvalue weighted by atomic mass is 9.99. The molecule has 2 aliphatic rings. The van der Waals surface area contributed by atoms with Gasteiger partial charge in [-0.3, -0.25) is 0 Å². The molecule has 1 aromatic rings. The fourth-order valence-corrected chi connectivity index (χ4v) is 3.47. The molecule has 0 bridgehead atoms. The Bertz CT molecular complexity index is 772. The second-order valence-electron chi connectivity index (χ2n) is 7.63. The van der Waals surface area contributed by atoms with E-state index in [9.17, 15) is 30.6 Å². The van der Waals surface area contributed by atoms with E-state index < -0.39 is 55.3 Å². The Balaban J connectivity index is 1.70. The first-order valence-corrected chi connectivity index (χ1v) is 10.2. The van der Waals surface area contributed by atoms with Gasteiger partial charge in [-0.1, -0.05) is 18.2 Å². The summed E-state index contributed by atoms with van der Waals surface area (Å²) in [5.41, 5.74) is 0.804. The zero-order valence-corrected chi connectivity index (χ0v) is 17.7. The number of aliphatic hydroxyl groups is 6. The molecular formula is C21H30O11. The Morgan fingerprint density at radius 3 is 2.34 bits per heavy atom. The van der Waals surface area contributed by atoms with Gasteiger partial charge in [-0.2, -0.15) is 0 Å². The van der Waals surface area contributed by atoms with Crippen LogP contribution >= 0.6 is 0 Å². The summed E-state index contributed by atoms with van der Waals surface area (Å²) >= 11 is 0. The molecule has 0 spiro atoms. The Kier molecular flexibility index (Phi) is 8.44. The van der Waals surface area contributed by atoms with Gasteiger partial charge in [0, 0.05) is 0 Å². The fourth-order valence-electron chi connectivity index (χ4n) is 3.47. The number of allylic oxidation sites excluding steroid dienone is 1. The predicted molar refractivity (Wildman–Crippen MR) is 109 cm³/mol. The molecule has 2 saturated heterocycles. The average molecular weight is 458 g/mol. The van der Waals surface area contributed by atoms with E-state index in [-0.39, 0.29) is 19.0 Å². The normalized spacial score (nSPS) is 38.1. The van der Waals surface area contributed by atoms with Gasteiger partial charge < -0.3 is 54.3 Å². The maximum absolute atomic E-state index is 10.4. The maximum atomic E-state index is 10.4. The van der Waals surface area contributed by atoms with Gasteiger partial charge in [0.15, 0.2) is 17.8 Å². The molecule has 9 unspecified atom stereocenters. The number of methoxy groups -OCH3 is 1. The Hall–Kier alpha value is -1.80. The molecule has 1 aromatic carbocycles. The highest BCUT2D eigenvalue weighted by molar-refractivity contribution is 5.55. The summed E-state index contributed by atoms with van der Waals surface area (Å²) in [7, 11) is 1.45. The Labute approximate surface area is 185 Å². The number of hydrogen-bond donors (Lipinski definition) is 6. The van der Waals surface area contributed by atoms with Crippen molar-refractivity contribution in [3.8, 4) is 11.5 Å². The van der Waals surface area contributed by atoms with Gasteiger partial charge in [-0.15, -0.1) is 0 Å². The molecule has 0 radical (unpaired) electrons. The molecule has 6 N–H and O–H groups in total. The van der Waals surface area contributed by atoms with Crippen LogP contribution in [-0.2, 0) is 14.2 Å². The van der Waals surface area contributed by atoms with Gasteiger partial charge in [-0.05, 0) is 24.6 Å². The highest BCUT2D eigenvalue weighted by atomic mass is 16.7. The second kappa shape index (κ2) is 10.9. The van der Waals surface area contributed by atoms with Crippen LogP contribution in [0, 0.1) is 0 Å². The molecule has 180 valence electrons. The van der Waals surface area contributed by atoms with E-state index in [1.807, 2.05) is 19.1 Å². The minimum Gasteiger partial charge on any atom is -0.493 e. The topological polar surface area (TPSA) is 168 Å². The lowest BCUT2D eigenvalue weighted by molar-refractivity contribution is -0.307. The molecule has 0 amide bonds. The molecular weight excluding hydrogens is 428 g/mol. The van der Waals surface area contributed by atoms with E-state index in [1.54, 1.807) is 18.2 Å². The smallest absolute Gasteiger partial charge is 0.229 e. The first-order valence-electron chi connectivity index (χ1n) is 10.2. The van der Waals surface area contributed by atoms with Gasteiger partial charge >= 0.3 is 0 Å². The van der Waals surface area contributed by atoms with Crippen LogP contribution in [0.25, 0.3) is 6.08 Å². The molecule has 0 aliphatic carbocycles. The zero-order chi connectivity index (χ0) is 23.4. The van der Waals surface area contributed by atoms with Gasteiger partial charge in [-0.25, -0.2) is 0 Å². The largest absolute Gasteiger partial charge is 0.493 e. The van der Waals surface area contributed by atoms with Crippen molar-refractivity contribution in [3.05, 3.63) is 29.8 Å². The fraction of sp³-hybridized carbons (Fsp3) is 0.619. The number of rotatable bonds is 7. The summed E-state index contributed by atoms with van der Waals surface area (Å²) in [4.78, 5) is 0. The van der Waals surface area contributed by atoms with E-state index >= 15 is 0 Å². The van der Waals surface area contributed by atoms with E-state index in [0.717, 1.165) is 5.56 Å². The van der Waals surface area contributed by atoms with E-state index in [4.69, 9.17) is 23.7 Å². The Morgan fingerprint density at radius 2 is 1.66 bits per heavy atom. The van der Waals surface area contributed by atoms with Crippen molar-refractivity contribution in [1.82, 2.24) is 0 Å². The maximum Gasteiger partial charge on any atom is 0.229 e. The van der Waals surface area contributed by atoms with Crippen LogP contribution < -0.4 is 9.47 Å². The molecule has 2 aliphatic heterocycles. The first-order chi connectivity index (χ1) is 15.3. The van der Waals surface area contributed by atoms with Crippen LogP contribution in [0.5, 0.6) is 11.5 Å². The minimum absolute atomic E-state index is 0.249. The number of ether oxygens (including phenoxy) is 5. The quantitative estimate of drug-likeness (QED) is 0.278. The SMILES string of the molecule is CC=Cc1ccc(OC)c(OC2OC(COC3OCC(O)C(O)C3O)C(O)C(O)C2O)c1. The highest BCUT2D eigenvalue weighted by Gasteiger charge is 2.46. The molecule has 0 aromatic heterocycles. The van der Waals surface area contributed by atoms with Gasteiger partial charge in [0.05, 0.1) is 20.3 Å². The van der Waals surface area contributed by atoms with E-state index in [1.165, 1.54) is 7.11 Å². The zero-order valence-electron chi connectivity index (χ0n) is 17.7. The third-order valence-corrected chi connectivity index (χ3v) is 5.34. The lowest BCUT2D eigenvalue weighted by Crippen LogP contribution is -2.61. The van der Waals surface area contributed by atoms with Crippen LogP contribution in [0.4, 0.5) is 0 Å². The predicted octanol–water partition coefficient (Wildman–Crippen LogP) is -1.63. The molecule has 2 fully saturated rings. The average Bonchev–Trinajstić information content (AvgIpc) is 2.78. The second-order valence-corrected chi connectivity index (χ2v) is 7.63. The van der Waals surface area contributed by atoms with E-state index in [2.05, 4.69) is 0 Å². The molecule has 2 heterocycles. The summed E-state index contributed by atoms with van der Waals surface area (Å²) < 4.78 is 27.2. The molecule has 32 heavy (non-hydrogen) atoms. The third kappa shape index (κ3) is 5.39. The monoisotopic (exact) mass is 458 g/mol. The third-order valence-electron chi connectivity index (χ3n) is 5.34. The minimum atomic E-state index is -1.61. The van der Waals surface area contributed by atoms with Gasteiger partial charge in [0.1, 0.15) is 42.7 Å². The van der Waals surface area contributed by atoms with Crippen molar-refractivity contribution in [3.63, 3.8) is 0 Å². The van der Waals surface area contributed by atoms with Crippen molar-refractivity contribution >= 4 is 6.08 Å². The number of benzene rings is 1. The van der Waals surface area contributed by atoms with Crippen molar-refractivity contribution in [1.29, 1.82) is 0 Å². The van der Waals surface area contributed by atoms with Crippen LogP contribution in [0.1, 0.15) is 12.5 Å². The Morgan fingerprint density at radius 1 is 0.938 bits per heavy atom. The molecule has 3 rings (SSSR count). The molecule has 11 nitrogen and oxygen atoms in total. The number of hydrogen-bond acceptors (Lipinski definition) is 11. The summed E-state index contributed by atoms with van der Waals surface area (Å²) in [6.07, 6.45) is -9.13. The summed E-state index contributed by atoms with van der Waals surface area (Å²) in [6.45, 7) is 1.23. The van der Waals surface area contributed by atoms with Gasteiger partial charge in [0.2, 0.25) is 6.29 Å². The van der Waals surface area contributed by atoms with Crippen molar-refractivity contribution in [2.75, 3.05) is 20.3 Å². The summed E-state index contributed by atoms with van der Waals surface area (Å²) in [5, 5.41) is 60.2. The van der Waals surface area contributed by atoms with Crippen LogP contribution in [0.2, 0.25) is 0 Å². The molecule has 0 saturated carbocycles. The van der Waals surface area contributed by atoms with Gasteiger partial charge in [0.25, 0.3) is 0 Å². The summed E-state index contributed by atoms with van der Waals surface area (Å²) in [6, 6.07) is 5.14. The van der Waals surface area contributed by atoms with E-state index in [0.29, 0.717) is 5.75 Å². The highest BCUT2D eigenvalue weighted by Crippen LogP contribution is 2.32. The standard InChI is InChI=1S/C21H30O11/c1-3-4-10-5-6-12(28-2)13(7-10)31-21-19(27)17(25)16(24)14(32-21)9-30-20-18(26)15(23)11(22)8-29-20/h3-7,11,14-27H,8-9H2,1-2H3.